The fraction of sp³-hybridized carbons (Fsp3) is 0.381. The minimum absolute atomic E-state index is 0.00401. The maximum atomic E-state index is 13.1. The molecule has 0 unspecified atom stereocenters. The summed E-state index contributed by atoms with van der Waals surface area (Å²) in [5.74, 6) is -1.37. The van der Waals surface area contributed by atoms with E-state index in [-0.39, 0.29) is 28.9 Å². The van der Waals surface area contributed by atoms with Crippen molar-refractivity contribution in [2.45, 2.75) is 44.8 Å². The van der Waals surface area contributed by atoms with Crippen LogP contribution >= 0.6 is 0 Å². The first-order chi connectivity index (χ1) is 15.7. The number of fused-ring (bicyclic) bond motifs is 5. The molecule has 1 N–H and O–H groups in total. The Bertz CT molecular complexity index is 1560. The molecule has 34 heavy (non-hydrogen) atoms. The molecule has 2 aromatic carbocycles. The summed E-state index contributed by atoms with van der Waals surface area (Å²) in [7, 11) is -7.35. The highest BCUT2D eigenvalue weighted by Gasteiger charge is 2.49. The smallest absolute Gasteiger partial charge is 0.407 e. The van der Waals surface area contributed by atoms with Crippen LogP contribution in [-0.2, 0) is 21.6 Å². The molecule has 0 saturated carbocycles. The fourth-order valence-corrected chi connectivity index (χ4v) is 4.95. The van der Waals surface area contributed by atoms with E-state index in [1.54, 1.807) is 24.3 Å². The van der Waals surface area contributed by atoms with Gasteiger partial charge in [-0.05, 0) is 19.0 Å². The predicted molar refractivity (Wildman–Crippen MR) is 124 cm³/mol. The minimum Gasteiger partial charge on any atom is -0.407 e. The van der Waals surface area contributed by atoms with Crippen LogP contribution in [0.3, 0.4) is 0 Å². The zero-order valence-corrected chi connectivity index (χ0v) is 20.7. The van der Waals surface area contributed by atoms with Gasteiger partial charge in [-0.2, -0.15) is 21.6 Å². The highest BCUT2D eigenvalue weighted by Crippen LogP contribution is 2.42. The largest absolute Gasteiger partial charge is 0.534 e. The highest BCUT2D eigenvalue weighted by atomic mass is 32.2. The topological polar surface area (TPSA) is 104 Å². The standard InChI is InChI=1S/C21H23F3N2O6SSi/c1-12-18(32-33(28,29)21(22,23)24)16-15(13-7-5-6-8-14(13)25-16)17-19(12)31-20(27)26(17)11-30-9-10-34(2,3)4/h5-8,25H,9-11H2,1-4H3. The normalized spacial score (nSPS) is 13.4. The van der Waals surface area contributed by atoms with E-state index in [4.69, 9.17) is 9.15 Å². The zero-order valence-electron chi connectivity index (χ0n) is 18.9. The third-order valence-electron chi connectivity index (χ3n) is 5.44. The highest BCUT2D eigenvalue weighted by molar-refractivity contribution is 7.88. The van der Waals surface area contributed by atoms with Gasteiger partial charge in [0.15, 0.2) is 11.3 Å². The number of para-hydroxylation sites is 1. The number of nitrogens with one attached hydrogen (secondary N) is 1. The van der Waals surface area contributed by atoms with E-state index in [2.05, 4.69) is 28.8 Å². The molecule has 13 heteroatoms. The molecule has 2 aromatic heterocycles. The lowest BCUT2D eigenvalue weighted by Crippen LogP contribution is -2.28. The van der Waals surface area contributed by atoms with Gasteiger partial charge in [-0.3, -0.25) is 0 Å². The Morgan fingerprint density at radius 3 is 2.50 bits per heavy atom. The van der Waals surface area contributed by atoms with Crippen LogP contribution in [0, 0.1) is 6.92 Å². The molecule has 0 bridgehead atoms. The first-order valence-electron chi connectivity index (χ1n) is 10.4. The molecule has 0 aliphatic carbocycles. The molecule has 0 amide bonds. The molecule has 0 saturated heterocycles. The number of nitrogens with zero attached hydrogens (tertiary/aromatic N) is 1. The summed E-state index contributed by atoms with van der Waals surface area (Å²) < 4.78 is 79.8. The zero-order chi connectivity index (χ0) is 25.1. The van der Waals surface area contributed by atoms with Crippen molar-refractivity contribution >= 4 is 51.1 Å². The van der Waals surface area contributed by atoms with Crippen molar-refractivity contribution in [2.75, 3.05) is 6.61 Å². The molecule has 4 aromatic rings. The summed E-state index contributed by atoms with van der Waals surface area (Å²) in [4.78, 5) is 15.6. The number of aryl methyl sites for hydroxylation is 1. The van der Waals surface area contributed by atoms with Crippen molar-refractivity contribution in [1.82, 2.24) is 9.55 Å². The van der Waals surface area contributed by atoms with Gasteiger partial charge in [-0.1, -0.05) is 37.8 Å². The number of aromatic amines is 1. The van der Waals surface area contributed by atoms with Crippen molar-refractivity contribution in [3.63, 3.8) is 0 Å². The first kappa shape index (κ1) is 24.4. The van der Waals surface area contributed by atoms with Crippen molar-refractivity contribution < 1.29 is 34.9 Å². The molecule has 0 atom stereocenters. The molecule has 2 heterocycles. The summed E-state index contributed by atoms with van der Waals surface area (Å²) in [6, 6.07) is 7.65. The first-order valence-corrected chi connectivity index (χ1v) is 15.5. The fourth-order valence-electron chi connectivity index (χ4n) is 3.67. The second-order valence-corrected chi connectivity index (χ2v) is 16.3. The lowest BCUT2D eigenvalue weighted by Gasteiger charge is -2.15. The number of halogens is 3. The van der Waals surface area contributed by atoms with E-state index in [0.717, 1.165) is 6.04 Å². The average molecular weight is 517 g/mol. The van der Waals surface area contributed by atoms with E-state index in [9.17, 15) is 26.4 Å². The number of hydrogen-bond acceptors (Lipinski definition) is 6. The van der Waals surface area contributed by atoms with Crippen LogP contribution in [0.1, 0.15) is 5.56 Å². The number of alkyl halides is 3. The van der Waals surface area contributed by atoms with Crippen molar-refractivity contribution in [3.8, 4) is 5.75 Å². The van der Waals surface area contributed by atoms with E-state index in [1.807, 2.05) is 0 Å². The van der Waals surface area contributed by atoms with Crippen molar-refractivity contribution in [2.24, 2.45) is 0 Å². The third-order valence-corrected chi connectivity index (χ3v) is 8.10. The molecule has 8 nitrogen and oxygen atoms in total. The number of rotatable bonds is 7. The quantitative estimate of drug-likeness (QED) is 0.159. The minimum atomic E-state index is -5.97. The van der Waals surface area contributed by atoms with Gasteiger partial charge in [0.05, 0.1) is 5.52 Å². The monoisotopic (exact) mass is 516 g/mol. The molecule has 0 aliphatic heterocycles. The number of ether oxygens (including phenoxy) is 1. The van der Waals surface area contributed by atoms with Crippen LogP contribution in [0.15, 0.2) is 33.5 Å². The molecule has 184 valence electrons. The second kappa shape index (κ2) is 8.17. The lowest BCUT2D eigenvalue weighted by atomic mass is 10.1. The Kier molecular flexibility index (Phi) is 5.85. The average Bonchev–Trinajstić information content (AvgIpc) is 3.24. The van der Waals surface area contributed by atoms with E-state index in [1.165, 1.54) is 11.5 Å². The maximum Gasteiger partial charge on any atom is 0.534 e. The van der Waals surface area contributed by atoms with Gasteiger partial charge in [0.1, 0.15) is 12.2 Å². The van der Waals surface area contributed by atoms with Gasteiger partial charge in [-0.25, -0.2) is 9.36 Å². The molecule has 0 aliphatic rings. The summed E-state index contributed by atoms with van der Waals surface area (Å²) in [6.07, 6.45) is 0. The van der Waals surface area contributed by atoms with Gasteiger partial charge in [0.2, 0.25) is 0 Å². The number of aromatic nitrogens is 2. The Hall–Kier alpha value is -2.77. The third kappa shape index (κ3) is 4.23. The van der Waals surface area contributed by atoms with Crippen molar-refractivity contribution in [1.29, 1.82) is 0 Å². The summed E-state index contributed by atoms with van der Waals surface area (Å²) in [5.41, 5.74) is -5.00. The van der Waals surface area contributed by atoms with Crippen LogP contribution in [0.25, 0.3) is 32.9 Å². The van der Waals surface area contributed by atoms with Crippen LogP contribution < -0.4 is 9.94 Å². The molecule has 0 radical (unpaired) electrons. The summed E-state index contributed by atoms with van der Waals surface area (Å²) in [6.45, 7) is 8.18. The van der Waals surface area contributed by atoms with Gasteiger partial charge in [0.25, 0.3) is 0 Å². The molecular formula is C21H23F3N2O6SSi. The summed E-state index contributed by atoms with van der Waals surface area (Å²) in [5, 5.41) is 0.844. The van der Waals surface area contributed by atoms with Crippen LogP contribution in [0.4, 0.5) is 13.2 Å². The van der Waals surface area contributed by atoms with Gasteiger partial charge in [0, 0.05) is 36.5 Å². The Morgan fingerprint density at radius 1 is 1.18 bits per heavy atom. The van der Waals surface area contributed by atoms with Crippen LogP contribution in [0.2, 0.25) is 25.7 Å². The van der Waals surface area contributed by atoms with Crippen LogP contribution in [0.5, 0.6) is 5.75 Å². The van der Waals surface area contributed by atoms with Crippen LogP contribution in [-0.4, -0.2) is 38.2 Å². The second-order valence-electron chi connectivity index (χ2n) is 9.18. The molecule has 0 fully saturated rings. The van der Waals surface area contributed by atoms with Gasteiger partial charge in [-0.15, -0.1) is 0 Å². The predicted octanol–water partition coefficient (Wildman–Crippen LogP) is 5.08. The van der Waals surface area contributed by atoms with Gasteiger partial charge >= 0.3 is 21.4 Å². The van der Waals surface area contributed by atoms with E-state index < -0.39 is 35.2 Å². The SMILES string of the molecule is Cc1c(OS(=O)(=O)C(F)(F)F)c2[nH]c3ccccc3c2c2c1oc(=O)n2COCC[Si](C)(C)C. The molecule has 0 spiro atoms. The number of benzene rings is 2. The molecule has 4 rings (SSSR count). The Balaban J connectivity index is 1.97. The number of hydrogen-bond donors (Lipinski definition) is 1. The maximum absolute atomic E-state index is 13.1. The Labute approximate surface area is 193 Å². The molecular weight excluding hydrogens is 493 g/mol. The van der Waals surface area contributed by atoms with Crippen molar-refractivity contribution in [3.05, 3.63) is 40.4 Å². The van der Waals surface area contributed by atoms with Gasteiger partial charge < -0.3 is 18.3 Å². The number of oxazole rings is 1. The Morgan fingerprint density at radius 2 is 1.85 bits per heavy atom. The lowest BCUT2D eigenvalue weighted by molar-refractivity contribution is -0.0499. The number of H-pyrrole nitrogens is 1. The van der Waals surface area contributed by atoms with E-state index >= 15 is 0 Å². The van der Waals surface area contributed by atoms with E-state index in [0.29, 0.717) is 22.9 Å². The summed E-state index contributed by atoms with van der Waals surface area (Å²) >= 11 is 0.